The Labute approximate surface area is 178 Å². The average molecular weight is 453 g/mol. The van der Waals surface area contributed by atoms with Crippen LogP contribution in [0.25, 0.3) is 22.4 Å². The minimum atomic E-state index is -3.28. The van der Waals surface area contributed by atoms with E-state index in [1.807, 2.05) is 6.92 Å². The predicted molar refractivity (Wildman–Crippen MR) is 114 cm³/mol. The summed E-state index contributed by atoms with van der Waals surface area (Å²) in [6.07, 6.45) is 5.25. The van der Waals surface area contributed by atoms with E-state index in [-0.39, 0.29) is 17.6 Å². The second-order valence-electron chi connectivity index (χ2n) is 7.31. The van der Waals surface area contributed by atoms with E-state index >= 15 is 0 Å². The van der Waals surface area contributed by atoms with Crippen molar-refractivity contribution in [2.45, 2.75) is 32.2 Å². The number of aromatic amines is 1. The molecule has 160 valence electrons. The highest BCUT2D eigenvalue weighted by atomic mass is 35.5. The first-order chi connectivity index (χ1) is 14.4. The van der Waals surface area contributed by atoms with Crippen molar-refractivity contribution < 1.29 is 12.8 Å². The SMILES string of the molecule is CCCS(=O)(=O)N1CCC[C@H](Nc2cc(F)nc(-c3c[nH]c4ncc(Cl)cc34)n2)C1. The van der Waals surface area contributed by atoms with Gasteiger partial charge in [-0.15, -0.1) is 0 Å². The van der Waals surface area contributed by atoms with Gasteiger partial charge in [0.1, 0.15) is 11.5 Å². The highest BCUT2D eigenvalue weighted by Gasteiger charge is 2.28. The summed E-state index contributed by atoms with van der Waals surface area (Å²) >= 11 is 6.04. The molecule has 1 aliphatic rings. The molecule has 30 heavy (non-hydrogen) atoms. The highest BCUT2D eigenvalue weighted by molar-refractivity contribution is 7.89. The van der Waals surface area contributed by atoms with Crippen LogP contribution >= 0.6 is 11.6 Å². The molecule has 0 aromatic carbocycles. The molecule has 3 aromatic heterocycles. The molecule has 0 bridgehead atoms. The number of halogens is 2. The van der Waals surface area contributed by atoms with E-state index in [9.17, 15) is 12.8 Å². The van der Waals surface area contributed by atoms with Crippen molar-refractivity contribution in [3.05, 3.63) is 35.5 Å². The number of sulfonamides is 1. The Morgan fingerprint density at radius 3 is 3.00 bits per heavy atom. The number of nitrogens with zero attached hydrogens (tertiary/aromatic N) is 4. The van der Waals surface area contributed by atoms with Crippen molar-refractivity contribution in [1.29, 1.82) is 0 Å². The smallest absolute Gasteiger partial charge is 0.218 e. The van der Waals surface area contributed by atoms with Gasteiger partial charge in [0.05, 0.1) is 10.8 Å². The molecule has 1 fully saturated rings. The average Bonchev–Trinajstić information content (AvgIpc) is 3.11. The van der Waals surface area contributed by atoms with Gasteiger partial charge in [-0.2, -0.15) is 13.7 Å². The molecular weight excluding hydrogens is 431 g/mol. The van der Waals surface area contributed by atoms with E-state index in [1.165, 1.54) is 16.6 Å². The number of piperidine rings is 1. The third-order valence-electron chi connectivity index (χ3n) is 5.03. The zero-order valence-corrected chi connectivity index (χ0v) is 18.0. The first-order valence-corrected chi connectivity index (χ1v) is 11.8. The monoisotopic (exact) mass is 452 g/mol. The molecule has 1 atom stereocenters. The van der Waals surface area contributed by atoms with Gasteiger partial charge in [0, 0.05) is 48.5 Å². The Kier molecular flexibility index (Phi) is 5.90. The maximum Gasteiger partial charge on any atom is 0.218 e. The van der Waals surface area contributed by atoms with Crippen LogP contribution in [-0.4, -0.2) is 57.5 Å². The Morgan fingerprint density at radius 2 is 2.20 bits per heavy atom. The lowest BCUT2D eigenvalue weighted by Crippen LogP contribution is -2.45. The Hall–Kier alpha value is -2.30. The van der Waals surface area contributed by atoms with Gasteiger partial charge in [0.2, 0.25) is 16.0 Å². The molecule has 0 amide bonds. The standard InChI is InChI=1S/C19H22ClFN6O2S/c1-2-6-30(28,29)27-5-3-4-13(11-27)24-17-8-16(21)25-19(26-17)15-10-23-18-14(15)7-12(20)9-22-18/h7-10,13H,2-6,11H2,1H3,(H,22,23)(H,24,25,26)/t13-/m0/s1. The second-order valence-corrected chi connectivity index (χ2v) is 9.83. The van der Waals surface area contributed by atoms with Crippen molar-refractivity contribution in [1.82, 2.24) is 24.2 Å². The molecule has 0 unspecified atom stereocenters. The van der Waals surface area contributed by atoms with Crippen LogP contribution < -0.4 is 5.32 Å². The number of rotatable bonds is 6. The summed E-state index contributed by atoms with van der Waals surface area (Å²) in [4.78, 5) is 15.6. The predicted octanol–water partition coefficient (Wildman–Crippen LogP) is 3.43. The van der Waals surface area contributed by atoms with E-state index in [4.69, 9.17) is 11.6 Å². The minimum Gasteiger partial charge on any atom is -0.366 e. The van der Waals surface area contributed by atoms with Crippen molar-refractivity contribution in [2.24, 2.45) is 0 Å². The van der Waals surface area contributed by atoms with Crippen LogP contribution in [0, 0.1) is 5.95 Å². The van der Waals surface area contributed by atoms with Crippen LogP contribution in [0.15, 0.2) is 24.5 Å². The molecule has 3 aromatic rings. The molecular formula is C19H22ClFN6O2S. The Bertz CT molecular complexity index is 1170. The lowest BCUT2D eigenvalue weighted by molar-refractivity contribution is 0.326. The summed E-state index contributed by atoms with van der Waals surface area (Å²) < 4.78 is 40.6. The molecule has 8 nitrogen and oxygen atoms in total. The fourth-order valence-electron chi connectivity index (χ4n) is 3.68. The Morgan fingerprint density at radius 1 is 1.37 bits per heavy atom. The molecule has 2 N–H and O–H groups in total. The number of hydrogen-bond acceptors (Lipinski definition) is 6. The summed E-state index contributed by atoms with van der Waals surface area (Å²) in [7, 11) is -3.28. The molecule has 0 saturated carbocycles. The fourth-order valence-corrected chi connectivity index (χ4v) is 5.43. The lowest BCUT2D eigenvalue weighted by atomic mass is 10.1. The van der Waals surface area contributed by atoms with E-state index in [2.05, 4.69) is 25.3 Å². The lowest BCUT2D eigenvalue weighted by Gasteiger charge is -2.32. The van der Waals surface area contributed by atoms with Crippen molar-refractivity contribution in [3.63, 3.8) is 0 Å². The van der Waals surface area contributed by atoms with Gasteiger partial charge in [-0.05, 0) is 25.3 Å². The van der Waals surface area contributed by atoms with E-state index in [1.54, 1.807) is 12.3 Å². The van der Waals surface area contributed by atoms with Crippen molar-refractivity contribution in [3.8, 4) is 11.4 Å². The first-order valence-electron chi connectivity index (χ1n) is 9.77. The number of hydrogen-bond donors (Lipinski definition) is 2. The molecule has 1 saturated heterocycles. The summed E-state index contributed by atoms with van der Waals surface area (Å²) in [5.41, 5.74) is 1.18. The first kappa shape index (κ1) is 21.0. The highest BCUT2D eigenvalue weighted by Crippen LogP contribution is 2.28. The zero-order chi connectivity index (χ0) is 21.3. The van der Waals surface area contributed by atoms with Gasteiger partial charge >= 0.3 is 0 Å². The molecule has 4 heterocycles. The number of anilines is 1. The molecule has 0 spiro atoms. The fraction of sp³-hybridized carbons (Fsp3) is 0.421. The summed E-state index contributed by atoms with van der Waals surface area (Å²) in [5, 5.41) is 4.32. The van der Waals surface area contributed by atoms with Gasteiger partial charge in [0.25, 0.3) is 0 Å². The molecule has 4 rings (SSSR count). The summed E-state index contributed by atoms with van der Waals surface area (Å²) in [6.45, 7) is 2.68. The van der Waals surface area contributed by atoms with Crippen LogP contribution in [0.4, 0.5) is 10.2 Å². The third kappa shape index (κ3) is 4.40. The topological polar surface area (TPSA) is 104 Å². The van der Waals surface area contributed by atoms with Gasteiger partial charge in [-0.1, -0.05) is 18.5 Å². The molecule has 1 aliphatic heterocycles. The van der Waals surface area contributed by atoms with Crippen molar-refractivity contribution in [2.75, 3.05) is 24.2 Å². The van der Waals surface area contributed by atoms with E-state index in [0.717, 1.165) is 12.8 Å². The summed E-state index contributed by atoms with van der Waals surface area (Å²) in [5.74, 6) is -0.0536. The number of H-pyrrole nitrogens is 1. The second kappa shape index (κ2) is 8.44. The van der Waals surface area contributed by atoms with Crippen molar-refractivity contribution >= 4 is 38.5 Å². The van der Waals surface area contributed by atoms with E-state index in [0.29, 0.717) is 46.9 Å². The van der Waals surface area contributed by atoms with Gasteiger partial charge < -0.3 is 10.3 Å². The quantitative estimate of drug-likeness (QED) is 0.555. The molecule has 11 heteroatoms. The largest absolute Gasteiger partial charge is 0.366 e. The van der Waals surface area contributed by atoms with Crippen LogP contribution in [0.5, 0.6) is 0 Å². The van der Waals surface area contributed by atoms with Gasteiger partial charge in [-0.3, -0.25) is 0 Å². The van der Waals surface area contributed by atoms with Crippen LogP contribution in [0.3, 0.4) is 0 Å². The normalized spacial score (nSPS) is 18.0. The molecule has 0 radical (unpaired) electrons. The summed E-state index contributed by atoms with van der Waals surface area (Å²) in [6, 6.07) is 2.77. The third-order valence-corrected chi connectivity index (χ3v) is 7.27. The van der Waals surface area contributed by atoms with Crippen LogP contribution in [-0.2, 0) is 10.0 Å². The zero-order valence-electron chi connectivity index (χ0n) is 16.4. The minimum absolute atomic E-state index is 0.128. The number of fused-ring (bicyclic) bond motifs is 1. The van der Waals surface area contributed by atoms with Gasteiger partial charge in [-0.25, -0.2) is 18.4 Å². The maximum atomic E-state index is 14.3. The number of aromatic nitrogens is 4. The maximum absolute atomic E-state index is 14.3. The number of nitrogens with one attached hydrogen (secondary N) is 2. The van der Waals surface area contributed by atoms with E-state index < -0.39 is 16.0 Å². The number of pyridine rings is 1. The molecule has 0 aliphatic carbocycles. The van der Waals surface area contributed by atoms with Crippen LogP contribution in [0.2, 0.25) is 5.02 Å². The Balaban J connectivity index is 1.59. The van der Waals surface area contributed by atoms with Gasteiger partial charge in [0.15, 0.2) is 5.82 Å². The van der Waals surface area contributed by atoms with Crippen LogP contribution in [0.1, 0.15) is 26.2 Å².